The third-order valence-corrected chi connectivity index (χ3v) is 7.54. The lowest BCUT2D eigenvalue weighted by molar-refractivity contribution is -0.140. The number of thiazole rings is 1. The molecule has 0 spiro atoms. The Morgan fingerprint density at radius 2 is 1.69 bits per heavy atom. The van der Waals surface area contributed by atoms with Crippen LogP contribution in [0.2, 0.25) is 0 Å². The lowest BCUT2D eigenvalue weighted by Gasteiger charge is -2.55. The molecule has 26 heavy (non-hydrogen) atoms. The average Bonchev–Trinajstić information content (AvgIpc) is 3.10. The Morgan fingerprint density at radius 1 is 1.08 bits per heavy atom. The van der Waals surface area contributed by atoms with Crippen molar-refractivity contribution in [3.05, 3.63) is 29.6 Å². The van der Waals surface area contributed by atoms with Crippen LogP contribution in [0.1, 0.15) is 38.5 Å². The van der Waals surface area contributed by atoms with E-state index in [2.05, 4.69) is 21.0 Å². The Bertz CT molecular complexity index is 791. The average molecular weight is 368 g/mol. The molecule has 5 heteroatoms. The van der Waals surface area contributed by atoms with Crippen LogP contribution >= 0.6 is 11.3 Å². The van der Waals surface area contributed by atoms with Gasteiger partial charge in [-0.05, 0) is 68.4 Å². The summed E-state index contributed by atoms with van der Waals surface area (Å²) in [6.45, 7) is 0. The summed E-state index contributed by atoms with van der Waals surface area (Å²) in [4.78, 5) is 17.7. The van der Waals surface area contributed by atoms with E-state index >= 15 is 0 Å². The molecule has 4 nitrogen and oxygen atoms in total. The zero-order chi connectivity index (χ0) is 17.7. The van der Waals surface area contributed by atoms with Crippen molar-refractivity contribution in [1.29, 1.82) is 0 Å². The molecular formula is C21H25N3OS. The summed E-state index contributed by atoms with van der Waals surface area (Å²) in [5, 5.41) is 9.26. The molecule has 136 valence electrons. The van der Waals surface area contributed by atoms with Gasteiger partial charge in [0.05, 0.1) is 11.1 Å². The number of hydrogen-bond donors (Lipinski definition) is 2. The van der Waals surface area contributed by atoms with Crippen LogP contribution in [0.4, 0.5) is 10.8 Å². The molecule has 1 heterocycles. The molecule has 2 aromatic rings. The first-order chi connectivity index (χ1) is 12.6. The maximum atomic E-state index is 13.1. The van der Waals surface area contributed by atoms with Crippen molar-refractivity contribution in [3.8, 4) is 11.3 Å². The van der Waals surface area contributed by atoms with Crippen LogP contribution in [0, 0.1) is 23.2 Å². The van der Waals surface area contributed by atoms with E-state index in [-0.39, 0.29) is 11.3 Å². The summed E-state index contributed by atoms with van der Waals surface area (Å²) in [6, 6.07) is 8.10. The van der Waals surface area contributed by atoms with Gasteiger partial charge >= 0.3 is 0 Å². The molecule has 4 bridgehead atoms. The molecule has 2 N–H and O–H groups in total. The standard InChI is InChI=1S/C21H25N3OS/c1-22-20-24-18(12-26-20)16-2-4-17(5-3-16)23-19(25)21-9-13-6-14(10-21)8-15(7-13)11-21/h2-5,12-15H,6-11H2,1H3,(H,22,24)(H,23,25). The van der Waals surface area contributed by atoms with Crippen LogP contribution in [0.25, 0.3) is 11.3 Å². The highest BCUT2D eigenvalue weighted by molar-refractivity contribution is 7.14. The second kappa shape index (κ2) is 6.08. The van der Waals surface area contributed by atoms with E-state index in [4.69, 9.17) is 0 Å². The summed E-state index contributed by atoms with van der Waals surface area (Å²) in [6.07, 6.45) is 7.41. The summed E-state index contributed by atoms with van der Waals surface area (Å²) >= 11 is 1.60. The molecule has 4 aliphatic rings. The van der Waals surface area contributed by atoms with Crippen molar-refractivity contribution in [2.24, 2.45) is 23.2 Å². The van der Waals surface area contributed by atoms with E-state index in [9.17, 15) is 4.79 Å². The zero-order valence-electron chi connectivity index (χ0n) is 15.1. The van der Waals surface area contributed by atoms with Gasteiger partial charge in [-0.2, -0.15) is 0 Å². The van der Waals surface area contributed by atoms with Gasteiger partial charge < -0.3 is 10.6 Å². The summed E-state index contributed by atoms with van der Waals surface area (Å²) < 4.78 is 0. The molecule has 0 radical (unpaired) electrons. The number of hydrogen-bond acceptors (Lipinski definition) is 4. The first-order valence-corrected chi connectivity index (χ1v) is 10.6. The predicted octanol–water partition coefficient (Wildman–Crippen LogP) is 5.01. The number of anilines is 2. The molecular weight excluding hydrogens is 342 g/mol. The second-order valence-corrected chi connectivity index (χ2v) is 9.38. The van der Waals surface area contributed by atoms with Gasteiger partial charge in [0.15, 0.2) is 5.13 Å². The van der Waals surface area contributed by atoms with Crippen LogP contribution in [-0.4, -0.2) is 17.9 Å². The van der Waals surface area contributed by atoms with Crippen LogP contribution in [-0.2, 0) is 4.79 Å². The topological polar surface area (TPSA) is 54.0 Å². The molecule has 4 fully saturated rings. The third kappa shape index (κ3) is 2.73. The van der Waals surface area contributed by atoms with Gasteiger partial charge in [0.2, 0.25) is 5.91 Å². The smallest absolute Gasteiger partial charge is 0.230 e. The summed E-state index contributed by atoms with van der Waals surface area (Å²) in [5.74, 6) is 2.64. The number of carbonyl (C=O) groups excluding carboxylic acids is 1. The van der Waals surface area contributed by atoms with E-state index in [0.717, 1.165) is 59.1 Å². The van der Waals surface area contributed by atoms with Gasteiger partial charge in [0.25, 0.3) is 0 Å². The molecule has 1 aromatic carbocycles. The van der Waals surface area contributed by atoms with E-state index < -0.39 is 0 Å². The van der Waals surface area contributed by atoms with Crippen molar-refractivity contribution in [3.63, 3.8) is 0 Å². The SMILES string of the molecule is CNc1nc(-c2ccc(NC(=O)C34CC5CC(CC(C5)C3)C4)cc2)cs1. The first kappa shape index (κ1) is 16.3. The molecule has 0 aliphatic heterocycles. The van der Waals surface area contributed by atoms with Gasteiger partial charge in [-0.3, -0.25) is 4.79 Å². The lowest BCUT2D eigenvalue weighted by Crippen LogP contribution is -2.51. The van der Waals surface area contributed by atoms with Crippen molar-refractivity contribution in [2.75, 3.05) is 17.7 Å². The van der Waals surface area contributed by atoms with Crippen molar-refractivity contribution in [1.82, 2.24) is 4.98 Å². The highest BCUT2D eigenvalue weighted by Crippen LogP contribution is 2.60. The Labute approximate surface area is 158 Å². The van der Waals surface area contributed by atoms with Gasteiger partial charge in [0.1, 0.15) is 0 Å². The van der Waals surface area contributed by atoms with Gasteiger partial charge in [-0.15, -0.1) is 11.3 Å². The molecule has 4 saturated carbocycles. The second-order valence-electron chi connectivity index (χ2n) is 8.52. The van der Waals surface area contributed by atoms with E-state index in [1.54, 1.807) is 11.3 Å². The van der Waals surface area contributed by atoms with Gasteiger partial charge in [-0.1, -0.05) is 12.1 Å². The lowest BCUT2D eigenvalue weighted by atomic mass is 9.49. The number of carbonyl (C=O) groups is 1. The quantitative estimate of drug-likeness (QED) is 0.799. The largest absolute Gasteiger partial charge is 0.365 e. The Morgan fingerprint density at radius 3 is 2.23 bits per heavy atom. The number of benzene rings is 1. The molecule has 1 amide bonds. The van der Waals surface area contributed by atoms with E-state index in [0.29, 0.717) is 0 Å². The number of nitrogens with zero attached hydrogens (tertiary/aromatic N) is 1. The van der Waals surface area contributed by atoms with Crippen LogP contribution in [0.3, 0.4) is 0 Å². The molecule has 0 unspecified atom stereocenters. The zero-order valence-corrected chi connectivity index (χ0v) is 15.9. The van der Waals surface area contributed by atoms with Gasteiger partial charge in [-0.25, -0.2) is 4.98 Å². The third-order valence-electron chi connectivity index (χ3n) is 6.68. The van der Waals surface area contributed by atoms with Crippen molar-refractivity contribution in [2.45, 2.75) is 38.5 Å². The first-order valence-electron chi connectivity index (χ1n) is 9.69. The van der Waals surface area contributed by atoms with Crippen LogP contribution in [0.15, 0.2) is 29.6 Å². The number of rotatable bonds is 4. The normalized spacial score (nSPS) is 31.8. The number of nitrogens with one attached hydrogen (secondary N) is 2. The fourth-order valence-electron chi connectivity index (χ4n) is 5.90. The Kier molecular flexibility index (Phi) is 3.82. The highest BCUT2D eigenvalue weighted by atomic mass is 32.1. The Hall–Kier alpha value is -1.88. The number of amides is 1. The molecule has 0 saturated heterocycles. The summed E-state index contributed by atoms with van der Waals surface area (Å²) in [5.41, 5.74) is 2.86. The highest BCUT2D eigenvalue weighted by Gasteiger charge is 2.54. The molecule has 6 rings (SSSR count). The van der Waals surface area contributed by atoms with Crippen molar-refractivity contribution >= 4 is 28.1 Å². The van der Waals surface area contributed by atoms with Gasteiger partial charge in [0, 0.05) is 23.7 Å². The summed E-state index contributed by atoms with van der Waals surface area (Å²) in [7, 11) is 1.88. The maximum Gasteiger partial charge on any atom is 0.230 e. The minimum atomic E-state index is -0.0932. The fraction of sp³-hybridized carbons (Fsp3) is 0.524. The van der Waals surface area contributed by atoms with E-state index in [1.165, 1.54) is 19.3 Å². The van der Waals surface area contributed by atoms with Crippen LogP contribution < -0.4 is 10.6 Å². The van der Waals surface area contributed by atoms with Crippen molar-refractivity contribution < 1.29 is 4.79 Å². The number of aromatic nitrogens is 1. The predicted molar refractivity (Wildman–Crippen MR) is 106 cm³/mol. The molecule has 1 aromatic heterocycles. The minimum Gasteiger partial charge on any atom is -0.365 e. The van der Waals surface area contributed by atoms with Crippen LogP contribution in [0.5, 0.6) is 0 Å². The monoisotopic (exact) mass is 367 g/mol. The molecule has 0 atom stereocenters. The fourth-order valence-corrected chi connectivity index (χ4v) is 6.58. The minimum absolute atomic E-state index is 0.0932. The Balaban J connectivity index is 1.31. The maximum absolute atomic E-state index is 13.1. The molecule has 4 aliphatic carbocycles. The van der Waals surface area contributed by atoms with E-state index in [1.807, 2.05) is 31.3 Å².